The summed E-state index contributed by atoms with van der Waals surface area (Å²) in [6, 6.07) is 4.62. The Morgan fingerprint density at radius 3 is 2.62 bits per heavy atom. The lowest BCUT2D eigenvalue weighted by Gasteiger charge is -2.15. The van der Waals surface area contributed by atoms with Gasteiger partial charge in [0.15, 0.2) is 15.7 Å². The Hall–Kier alpha value is -2.35. The third-order valence-corrected chi connectivity index (χ3v) is 3.84. The summed E-state index contributed by atoms with van der Waals surface area (Å²) < 4.78 is 23.9. The van der Waals surface area contributed by atoms with Crippen LogP contribution in [0.2, 0.25) is 0 Å². The lowest BCUT2D eigenvalue weighted by Crippen LogP contribution is -2.24. The van der Waals surface area contributed by atoms with E-state index in [0.717, 1.165) is 12.5 Å². The number of hydrogen-bond donors (Lipinski definition) is 3. The maximum absolute atomic E-state index is 12.0. The van der Waals surface area contributed by atoms with Gasteiger partial charge in [0.25, 0.3) is 0 Å². The number of aliphatic imine (C=N–C) groups is 1. The van der Waals surface area contributed by atoms with E-state index in [1.165, 1.54) is 13.1 Å². The van der Waals surface area contributed by atoms with Crippen molar-refractivity contribution in [1.29, 1.82) is 10.8 Å². The minimum atomic E-state index is -3.51. The van der Waals surface area contributed by atoms with Crippen LogP contribution in [0.3, 0.4) is 0 Å². The van der Waals surface area contributed by atoms with Gasteiger partial charge in [-0.1, -0.05) is 12.1 Å². The molecule has 0 bridgehead atoms. The van der Waals surface area contributed by atoms with Gasteiger partial charge in [0.05, 0.1) is 4.90 Å². The van der Waals surface area contributed by atoms with Crippen molar-refractivity contribution in [2.75, 3.05) is 13.3 Å². The van der Waals surface area contributed by atoms with Gasteiger partial charge in [-0.3, -0.25) is 10.4 Å². The Labute approximate surface area is 123 Å². The van der Waals surface area contributed by atoms with Gasteiger partial charge in [-0.15, -0.1) is 0 Å². The van der Waals surface area contributed by atoms with Crippen molar-refractivity contribution in [3.8, 4) is 0 Å². The van der Waals surface area contributed by atoms with E-state index in [1.54, 1.807) is 12.1 Å². The molecule has 0 fully saturated rings. The minimum Gasteiger partial charge on any atom is -0.313 e. The number of nitrogens with one attached hydrogen (secondary N) is 3. The van der Waals surface area contributed by atoms with Crippen molar-refractivity contribution in [3.05, 3.63) is 29.3 Å². The minimum absolute atomic E-state index is 0.0477. The molecule has 1 aromatic rings. The number of sulfone groups is 1. The Morgan fingerprint density at radius 1 is 1.48 bits per heavy atom. The highest BCUT2D eigenvalue weighted by Crippen LogP contribution is 2.21. The van der Waals surface area contributed by atoms with Crippen LogP contribution >= 0.6 is 0 Å². The van der Waals surface area contributed by atoms with Gasteiger partial charge in [-0.2, -0.15) is 5.10 Å². The molecule has 1 rings (SSSR count). The number of amidine groups is 1. The molecule has 0 unspecified atom stereocenters. The molecule has 0 atom stereocenters. The monoisotopic (exact) mass is 307 g/mol. The first-order valence-electron chi connectivity index (χ1n) is 5.95. The summed E-state index contributed by atoms with van der Waals surface area (Å²) in [4.78, 5) is 4.03. The van der Waals surface area contributed by atoms with Crippen LogP contribution in [0.5, 0.6) is 0 Å². The van der Waals surface area contributed by atoms with Gasteiger partial charge < -0.3 is 10.8 Å². The van der Waals surface area contributed by atoms with Crippen LogP contribution in [0.15, 0.2) is 33.2 Å². The normalized spacial score (nSPS) is 11.8. The fourth-order valence-corrected chi connectivity index (χ4v) is 2.74. The largest absolute Gasteiger partial charge is 0.313 e. The smallest absolute Gasteiger partial charge is 0.176 e. The summed E-state index contributed by atoms with van der Waals surface area (Å²) in [7, 11) is -2.03. The number of nitrogens with zero attached hydrogens (tertiary/aromatic N) is 2. The topological polar surface area (TPSA) is 119 Å². The maximum Gasteiger partial charge on any atom is 0.176 e. The lowest BCUT2D eigenvalue weighted by atomic mass is 10.0. The highest BCUT2D eigenvalue weighted by atomic mass is 32.2. The first kappa shape index (κ1) is 16.7. The van der Waals surface area contributed by atoms with E-state index in [9.17, 15) is 8.42 Å². The lowest BCUT2D eigenvalue weighted by molar-refractivity contribution is 0.601. The van der Waals surface area contributed by atoms with E-state index < -0.39 is 9.84 Å². The second kappa shape index (κ2) is 6.89. The fourth-order valence-electron chi connectivity index (χ4n) is 1.84. The van der Waals surface area contributed by atoms with E-state index in [2.05, 4.69) is 22.2 Å². The molecule has 0 spiro atoms. The number of hydrazone groups is 1. The predicted octanol–water partition coefficient (Wildman–Crippen LogP) is 1.08. The Balaban J connectivity index is 3.71. The Morgan fingerprint density at radius 2 is 2.14 bits per heavy atom. The molecule has 0 aromatic heterocycles. The predicted molar refractivity (Wildman–Crippen MR) is 84.9 cm³/mol. The zero-order chi connectivity index (χ0) is 16.0. The Bertz CT molecular complexity index is 707. The van der Waals surface area contributed by atoms with Crippen LogP contribution in [-0.4, -0.2) is 46.2 Å². The quantitative estimate of drug-likeness (QED) is 0.414. The second-order valence-corrected chi connectivity index (χ2v) is 6.16. The molecule has 0 aliphatic rings. The molecule has 0 amide bonds. The second-order valence-electron chi connectivity index (χ2n) is 4.18. The van der Waals surface area contributed by atoms with Gasteiger partial charge >= 0.3 is 0 Å². The maximum atomic E-state index is 12.0. The molecular weight excluding hydrogens is 290 g/mol. The van der Waals surface area contributed by atoms with E-state index in [4.69, 9.17) is 10.8 Å². The zero-order valence-electron chi connectivity index (χ0n) is 11.8. The van der Waals surface area contributed by atoms with E-state index >= 15 is 0 Å². The summed E-state index contributed by atoms with van der Waals surface area (Å²) in [6.07, 6.45) is 2.27. The van der Waals surface area contributed by atoms with Crippen molar-refractivity contribution < 1.29 is 8.42 Å². The van der Waals surface area contributed by atoms with Crippen molar-refractivity contribution >= 4 is 34.3 Å². The zero-order valence-corrected chi connectivity index (χ0v) is 12.7. The molecule has 0 heterocycles. The molecule has 0 saturated heterocycles. The SMILES string of the molecule is C=NNC(=NC)c1c(C(=N)CC=N)cccc1S(C)(=O)=O. The molecule has 0 aliphatic heterocycles. The molecule has 7 nitrogen and oxygen atoms in total. The highest BCUT2D eigenvalue weighted by molar-refractivity contribution is 7.90. The average Bonchev–Trinajstić information content (AvgIpc) is 2.43. The van der Waals surface area contributed by atoms with Gasteiger partial charge in [0.1, 0.15) is 0 Å². The van der Waals surface area contributed by atoms with Crippen molar-refractivity contribution in [1.82, 2.24) is 5.43 Å². The molecule has 1 aromatic carbocycles. The van der Waals surface area contributed by atoms with Gasteiger partial charge in [-0.05, 0) is 6.07 Å². The van der Waals surface area contributed by atoms with Crippen LogP contribution in [0, 0.1) is 10.8 Å². The first-order chi connectivity index (χ1) is 9.86. The molecule has 112 valence electrons. The highest BCUT2D eigenvalue weighted by Gasteiger charge is 2.22. The third-order valence-electron chi connectivity index (χ3n) is 2.70. The number of rotatable bonds is 6. The van der Waals surface area contributed by atoms with Crippen LogP contribution in [0.4, 0.5) is 0 Å². The van der Waals surface area contributed by atoms with Crippen molar-refractivity contribution in [2.45, 2.75) is 11.3 Å². The number of benzene rings is 1. The summed E-state index contributed by atoms with van der Waals surface area (Å²) in [5, 5.41) is 18.6. The van der Waals surface area contributed by atoms with Crippen LogP contribution in [-0.2, 0) is 9.84 Å². The van der Waals surface area contributed by atoms with E-state index in [-0.39, 0.29) is 28.4 Å². The van der Waals surface area contributed by atoms with Gasteiger partial charge in [0, 0.05) is 49.5 Å². The summed E-state index contributed by atoms with van der Waals surface area (Å²) in [5.41, 5.74) is 3.32. The fraction of sp³-hybridized carbons (Fsp3) is 0.231. The molecular formula is C13H17N5O2S. The summed E-state index contributed by atoms with van der Waals surface area (Å²) in [6.45, 7) is 3.30. The van der Waals surface area contributed by atoms with Gasteiger partial charge in [0.2, 0.25) is 0 Å². The molecule has 8 heteroatoms. The van der Waals surface area contributed by atoms with E-state index in [0.29, 0.717) is 5.56 Å². The summed E-state index contributed by atoms with van der Waals surface area (Å²) >= 11 is 0. The molecule has 3 N–H and O–H groups in total. The van der Waals surface area contributed by atoms with Crippen LogP contribution in [0.25, 0.3) is 0 Å². The summed E-state index contributed by atoms with van der Waals surface area (Å²) in [5.74, 6) is 0.204. The Kier molecular flexibility index (Phi) is 5.48. The molecule has 0 saturated carbocycles. The van der Waals surface area contributed by atoms with Crippen LogP contribution < -0.4 is 5.43 Å². The van der Waals surface area contributed by atoms with E-state index in [1.807, 2.05) is 0 Å². The van der Waals surface area contributed by atoms with Crippen LogP contribution in [0.1, 0.15) is 17.5 Å². The standard InChI is InChI=1S/C13H17N5O2S/c1-16-13(18-17-2)12-9(10(15)7-8-14)5-4-6-11(12)21(3,19)20/h4-6,8,14-15H,2,7H2,1,3H3,(H,16,18). The number of hydrogen-bond acceptors (Lipinski definition) is 6. The van der Waals surface area contributed by atoms with Gasteiger partial charge in [-0.25, -0.2) is 8.42 Å². The third kappa shape index (κ3) is 3.82. The first-order valence-corrected chi connectivity index (χ1v) is 7.84. The van der Waals surface area contributed by atoms with Crippen molar-refractivity contribution in [2.24, 2.45) is 10.1 Å². The molecule has 0 radical (unpaired) electrons. The molecule has 21 heavy (non-hydrogen) atoms. The molecule has 0 aliphatic carbocycles. The average molecular weight is 307 g/mol. The van der Waals surface area contributed by atoms with Crippen molar-refractivity contribution in [3.63, 3.8) is 0 Å².